The van der Waals surface area contributed by atoms with Gasteiger partial charge in [-0.2, -0.15) is 0 Å². The Morgan fingerprint density at radius 3 is 2.61 bits per heavy atom. The molecule has 0 radical (unpaired) electrons. The predicted molar refractivity (Wildman–Crippen MR) is 72.4 cm³/mol. The van der Waals surface area contributed by atoms with Gasteiger partial charge in [-0.05, 0) is 36.8 Å². The summed E-state index contributed by atoms with van der Waals surface area (Å²) in [5.41, 5.74) is 1.09. The van der Waals surface area contributed by atoms with Gasteiger partial charge in [0.25, 0.3) is 0 Å². The van der Waals surface area contributed by atoms with E-state index in [0.717, 1.165) is 10.0 Å². The van der Waals surface area contributed by atoms with E-state index in [-0.39, 0.29) is 5.56 Å². The molecule has 0 spiro atoms. The van der Waals surface area contributed by atoms with Gasteiger partial charge in [-0.15, -0.1) is 0 Å². The highest BCUT2D eigenvalue weighted by atomic mass is 79.9. The van der Waals surface area contributed by atoms with E-state index in [1.807, 2.05) is 25.1 Å². The van der Waals surface area contributed by atoms with Gasteiger partial charge in [0.05, 0.1) is 0 Å². The number of halogens is 1. The minimum absolute atomic E-state index is 0.150. The molecule has 1 N–H and O–H groups in total. The van der Waals surface area contributed by atoms with Crippen molar-refractivity contribution in [3.05, 3.63) is 58.1 Å². The van der Waals surface area contributed by atoms with Gasteiger partial charge in [0.1, 0.15) is 17.1 Å². The van der Waals surface area contributed by atoms with Gasteiger partial charge < -0.3 is 9.84 Å². The average molecular weight is 307 g/mol. The summed E-state index contributed by atoms with van der Waals surface area (Å²) in [6, 6.07) is 12.2. The highest BCUT2D eigenvalue weighted by molar-refractivity contribution is 9.10. The van der Waals surface area contributed by atoms with E-state index in [0.29, 0.717) is 11.5 Å². The fourth-order valence-corrected chi connectivity index (χ4v) is 1.87. The summed E-state index contributed by atoms with van der Waals surface area (Å²) in [5.74, 6) is -0.0254. The van der Waals surface area contributed by atoms with Gasteiger partial charge in [0, 0.05) is 4.47 Å². The summed E-state index contributed by atoms with van der Waals surface area (Å²) < 4.78 is 6.56. The van der Waals surface area contributed by atoms with Crippen molar-refractivity contribution in [2.45, 2.75) is 6.92 Å². The average Bonchev–Trinajstić information content (AvgIpc) is 2.34. The molecule has 0 atom stereocenters. The molecule has 0 fully saturated rings. The Hall–Kier alpha value is -1.81. The molecule has 0 aromatic heterocycles. The quantitative estimate of drug-likeness (QED) is 0.922. The maximum Gasteiger partial charge on any atom is 0.339 e. The first-order valence-electron chi connectivity index (χ1n) is 5.34. The van der Waals surface area contributed by atoms with E-state index in [9.17, 15) is 4.79 Å². The van der Waals surface area contributed by atoms with E-state index < -0.39 is 5.97 Å². The van der Waals surface area contributed by atoms with E-state index in [2.05, 4.69) is 15.9 Å². The standard InChI is InChI=1S/C14H11BrO3/c1-9-6-7-10(15)8-13(9)18-12-5-3-2-4-11(12)14(16)17/h2-8H,1H3,(H,16,17). The number of carboxylic acids is 1. The second-order valence-corrected chi connectivity index (χ2v) is 4.73. The van der Waals surface area contributed by atoms with Crippen molar-refractivity contribution in [1.29, 1.82) is 0 Å². The monoisotopic (exact) mass is 306 g/mol. The van der Waals surface area contributed by atoms with Crippen LogP contribution in [0, 0.1) is 6.92 Å². The molecule has 92 valence electrons. The van der Waals surface area contributed by atoms with Crippen LogP contribution in [-0.2, 0) is 0 Å². The third-order valence-corrected chi connectivity index (χ3v) is 2.98. The fourth-order valence-electron chi connectivity index (χ4n) is 1.53. The Morgan fingerprint density at radius 2 is 1.89 bits per heavy atom. The molecule has 4 heteroatoms. The molecule has 18 heavy (non-hydrogen) atoms. The van der Waals surface area contributed by atoms with Crippen molar-refractivity contribution in [2.24, 2.45) is 0 Å². The van der Waals surface area contributed by atoms with Gasteiger partial charge in [-0.1, -0.05) is 34.1 Å². The molecule has 2 aromatic rings. The van der Waals surface area contributed by atoms with Crippen LogP contribution >= 0.6 is 15.9 Å². The summed E-state index contributed by atoms with van der Waals surface area (Å²) >= 11 is 3.36. The lowest BCUT2D eigenvalue weighted by Crippen LogP contribution is -2.00. The molecular formula is C14H11BrO3. The first-order chi connectivity index (χ1) is 8.58. The topological polar surface area (TPSA) is 46.5 Å². The molecule has 0 aliphatic carbocycles. The predicted octanol–water partition coefficient (Wildman–Crippen LogP) is 4.25. The lowest BCUT2D eigenvalue weighted by molar-refractivity contribution is 0.0694. The third kappa shape index (κ3) is 2.71. The minimum Gasteiger partial charge on any atom is -0.478 e. The van der Waals surface area contributed by atoms with Crippen LogP contribution in [0.2, 0.25) is 0 Å². The summed E-state index contributed by atoms with van der Waals surface area (Å²) in [7, 11) is 0. The van der Waals surface area contributed by atoms with Gasteiger partial charge in [-0.25, -0.2) is 4.79 Å². The number of aryl methyl sites for hydroxylation is 1. The van der Waals surface area contributed by atoms with Crippen LogP contribution in [0.25, 0.3) is 0 Å². The van der Waals surface area contributed by atoms with E-state index >= 15 is 0 Å². The highest BCUT2D eigenvalue weighted by Gasteiger charge is 2.12. The maximum atomic E-state index is 11.1. The molecule has 0 aliphatic rings. The molecule has 0 saturated carbocycles. The summed E-state index contributed by atoms with van der Waals surface area (Å²) in [6.07, 6.45) is 0. The fraction of sp³-hybridized carbons (Fsp3) is 0.0714. The van der Waals surface area contributed by atoms with Crippen molar-refractivity contribution in [3.63, 3.8) is 0 Å². The minimum atomic E-state index is -1.00. The lowest BCUT2D eigenvalue weighted by Gasteiger charge is -2.11. The van der Waals surface area contributed by atoms with Crippen LogP contribution in [0.1, 0.15) is 15.9 Å². The Balaban J connectivity index is 2.40. The molecule has 0 saturated heterocycles. The second-order valence-electron chi connectivity index (χ2n) is 3.81. The number of carboxylic acid groups (broad SMARTS) is 1. The number of carbonyl (C=O) groups is 1. The second kappa shape index (κ2) is 5.23. The van der Waals surface area contributed by atoms with Gasteiger partial charge in [0.2, 0.25) is 0 Å². The normalized spacial score (nSPS) is 10.1. The summed E-state index contributed by atoms with van der Waals surface area (Å²) in [6.45, 7) is 1.91. The number of para-hydroxylation sites is 1. The molecular weight excluding hydrogens is 296 g/mol. The Morgan fingerprint density at radius 1 is 1.17 bits per heavy atom. The first kappa shape index (κ1) is 12.6. The van der Waals surface area contributed by atoms with Crippen molar-refractivity contribution in [2.75, 3.05) is 0 Å². The van der Waals surface area contributed by atoms with Crippen LogP contribution in [-0.4, -0.2) is 11.1 Å². The lowest BCUT2D eigenvalue weighted by atomic mass is 10.2. The van der Waals surface area contributed by atoms with Gasteiger partial charge >= 0.3 is 5.97 Å². The van der Waals surface area contributed by atoms with E-state index in [1.165, 1.54) is 6.07 Å². The van der Waals surface area contributed by atoms with Gasteiger partial charge in [-0.3, -0.25) is 0 Å². The van der Waals surface area contributed by atoms with Crippen LogP contribution in [0.4, 0.5) is 0 Å². The number of benzene rings is 2. The first-order valence-corrected chi connectivity index (χ1v) is 6.13. The Kier molecular flexibility index (Phi) is 3.67. The Bertz CT molecular complexity index is 593. The molecule has 0 aliphatic heterocycles. The van der Waals surface area contributed by atoms with Crippen molar-refractivity contribution >= 4 is 21.9 Å². The Labute approximate surface area is 113 Å². The third-order valence-electron chi connectivity index (χ3n) is 2.49. The highest BCUT2D eigenvalue weighted by Crippen LogP contribution is 2.30. The molecule has 0 amide bonds. The largest absolute Gasteiger partial charge is 0.478 e. The zero-order valence-electron chi connectivity index (χ0n) is 9.68. The zero-order valence-corrected chi connectivity index (χ0v) is 11.3. The molecule has 2 rings (SSSR count). The van der Waals surface area contributed by atoms with E-state index in [4.69, 9.17) is 9.84 Å². The van der Waals surface area contributed by atoms with Crippen molar-refractivity contribution in [3.8, 4) is 11.5 Å². The zero-order chi connectivity index (χ0) is 13.1. The number of aromatic carboxylic acids is 1. The molecule has 3 nitrogen and oxygen atoms in total. The number of hydrogen-bond donors (Lipinski definition) is 1. The SMILES string of the molecule is Cc1ccc(Br)cc1Oc1ccccc1C(=O)O. The van der Waals surface area contributed by atoms with E-state index in [1.54, 1.807) is 18.2 Å². The van der Waals surface area contributed by atoms with Crippen molar-refractivity contribution < 1.29 is 14.6 Å². The molecule has 2 aromatic carbocycles. The molecule has 0 unspecified atom stereocenters. The van der Waals surface area contributed by atoms with Crippen LogP contribution in [0.3, 0.4) is 0 Å². The number of ether oxygens (including phenoxy) is 1. The number of hydrogen-bond acceptors (Lipinski definition) is 2. The summed E-state index contributed by atoms with van der Waals surface area (Å²) in [4.78, 5) is 11.1. The van der Waals surface area contributed by atoms with Crippen molar-refractivity contribution in [1.82, 2.24) is 0 Å². The summed E-state index contributed by atoms with van der Waals surface area (Å²) in [5, 5.41) is 9.08. The van der Waals surface area contributed by atoms with Gasteiger partial charge in [0.15, 0.2) is 0 Å². The number of rotatable bonds is 3. The molecule has 0 bridgehead atoms. The molecule has 0 heterocycles. The van der Waals surface area contributed by atoms with Crippen LogP contribution in [0.15, 0.2) is 46.9 Å². The van der Waals surface area contributed by atoms with Crippen LogP contribution in [0.5, 0.6) is 11.5 Å². The van der Waals surface area contributed by atoms with Crippen LogP contribution < -0.4 is 4.74 Å². The maximum absolute atomic E-state index is 11.1. The smallest absolute Gasteiger partial charge is 0.339 e.